The van der Waals surface area contributed by atoms with Crippen LogP contribution in [0.2, 0.25) is 0 Å². The van der Waals surface area contributed by atoms with Crippen LogP contribution in [-0.2, 0) is 6.42 Å². The zero-order chi connectivity index (χ0) is 17.1. The number of hydrogen-bond acceptors (Lipinski definition) is 4. The molecule has 1 aromatic heterocycles. The van der Waals surface area contributed by atoms with Gasteiger partial charge in [0, 0.05) is 31.4 Å². The van der Waals surface area contributed by atoms with Gasteiger partial charge in [0.2, 0.25) is 0 Å². The average Bonchev–Trinajstić information content (AvgIpc) is 2.97. The second-order valence-corrected chi connectivity index (χ2v) is 6.85. The fourth-order valence-electron chi connectivity index (χ4n) is 3.82. The fourth-order valence-corrected chi connectivity index (χ4v) is 3.82. The predicted octanol–water partition coefficient (Wildman–Crippen LogP) is 3.45. The molecular formula is C20H24N4O. The minimum Gasteiger partial charge on any atom is -0.357 e. The second-order valence-electron chi connectivity index (χ2n) is 6.85. The summed E-state index contributed by atoms with van der Waals surface area (Å²) in [6.07, 6.45) is 8.48. The highest BCUT2D eigenvalue weighted by Crippen LogP contribution is 2.28. The number of aromatic nitrogens is 2. The summed E-state index contributed by atoms with van der Waals surface area (Å²) < 4.78 is 0. The summed E-state index contributed by atoms with van der Waals surface area (Å²) in [4.78, 5) is 25.9. The van der Waals surface area contributed by atoms with Crippen LogP contribution in [0.25, 0.3) is 0 Å². The number of anilines is 2. The first-order chi connectivity index (χ1) is 12.3. The van der Waals surface area contributed by atoms with Gasteiger partial charge >= 0.3 is 0 Å². The molecule has 2 aliphatic heterocycles. The molecule has 2 aliphatic rings. The van der Waals surface area contributed by atoms with Gasteiger partial charge in [0.25, 0.3) is 5.91 Å². The molecule has 1 saturated heterocycles. The Morgan fingerprint density at radius 1 is 0.920 bits per heavy atom. The van der Waals surface area contributed by atoms with Crippen LogP contribution in [0.5, 0.6) is 0 Å². The van der Waals surface area contributed by atoms with E-state index >= 15 is 0 Å². The molecule has 0 aliphatic carbocycles. The third-order valence-corrected chi connectivity index (χ3v) is 5.16. The number of nitrogens with zero attached hydrogens (tertiary/aromatic N) is 4. The number of aryl methyl sites for hydroxylation is 1. The zero-order valence-corrected chi connectivity index (χ0v) is 14.5. The Morgan fingerprint density at radius 3 is 2.56 bits per heavy atom. The van der Waals surface area contributed by atoms with Crippen molar-refractivity contribution in [3.8, 4) is 0 Å². The number of fused-ring (bicyclic) bond motifs is 1. The summed E-state index contributed by atoms with van der Waals surface area (Å²) in [7, 11) is 0. The Morgan fingerprint density at radius 2 is 1.72 bits per heavy atom. The molecule has 5 nitrogen and oxygen atoms in total. The van der Waals surface area contributed by atoms with Crippen molar-refractivity contribution >= 4 is 17.4 Å². The van der Waals surface area contributed by atoms with Crippen LogP contribution in [0, 0.1) is 0 Å². The highest BCUT2D eigenvalue weighted by atomic mass is 16.2. The SMILES string of the molecule is O=C(c1cc(N2CCCCCC2)ncn1)N1CCCc2ccccc21. The smallest absolute Gasteiger partial charge is 0.277 e. The van der Waals surface area contributed by atoms with Crippen molar-refractivity contribution in [2.24, 2.45) is 0 Å². The van der Waals surface area contributed by atoms with Crippen LogP contribution in [0.3, 0.4) is 0 Å². The van der Waals surface area contributed by atoms with E-state index in [-0.39, 0.29) is 5.91 Å². The van der Waals surface area contributed by atoms with Crippen molar-refractivity contribution in [2.75, 3.05) is 29.4 Å². The molecule has 5 heteroatoms. The van der Waals surface area contributed by atoms with E-state index in [1.54, 1.807) is 0 Å². The lowest BCUT2D eigenvalue weighted by Gasteiger charge is -2.29. The summed E-state index contributed by atoms with van der Waals surface area (Å²) >= 11 is 0. The molecule has 1 fully saturated rings. The predicted molar refractivity (Wildman–Crippen MR) is 99.2 cm³/mol. The largest absolute Gasteiger partial charge is 0.357 e. The van der Waals surface area contributed by atoms with E-state index in [1.807, 2.05) is 29.2 Å². The van der Waals surface area contributed by atoms with Crippen LogP contribution in [0.15, 0.2) is 36.7 Å². The van der Waals surface area contributed by atoms with E-state index < -0.39 is 0 Å². The molecule has 4 rings (SSSR count). The molecule has 25 heavy (non-hydrogen) atoms. The minimum absolute atomic E-state index is 0.0226. The third kappa shape index (κ3) is 3.36. The van der Waals surface area contributed by atoms with E-state index in [4.69, 9.17) is 0 Å². The monoisotopic (exact) mass is 336 g/mol. The molecule has 0 N–H and O–H groups in total. The van der Waals surface area contributed by atoms with Crippen molar-refractivity contribution in [3.63, 3.8) is 0 Å². The van der Waals surface area contributed by atoms with Crippen molar-refractivity contribution in [3.05, 3.63) is 47.9 Å². The minimum atomic E-state index is -0.0226. The number of hydrogen-bond donors (Lipinski definition) is 0. The summed E-state index contributed by atoms with van der Waals surface area (Å²) in [6, 6.07) is 10.0. The van der Waals surface area contributed by atoms with Crippen molar-refractivity contribution < 1.29 is 4.79 Å². The van der Waals surface area contributed by atoms with Gasteiger partial charge in [-0.2, -0.15) is 0 Å². The fraction of sp³-hybridized carbons (Fsp3) is 0.450. The number of rotatable bonds is 2. The zero-order valence-electron chi connectivity index (χ0n) is 14.5. The van der Waals surface area contributed by atoms with E-state index in [0.29, 0.717) is 5.69 Å². The number of carbonyl (C=O) groups excluding carboxylic acids is 1. The molecule has 0 unspecified atom stereocenters. The first kappa shape index (κ1) is 16.1. The quantitative estimate of drug-likeness (QED) is 0.843. The molecule has 0 atom stereocenters. The average molecular weight is 336 g/mol. The molecule has 130 valence electrons. The van der Waals surface area contributed by atoms with Crippen molar-refractivity contribution in [2.45, 2.75) is 38.5 Å². The maximum Gasteiger partial charge on any atom is 0.277 e. The van der Waals surface area contributed by atoms with Gasteiger partial charge < -0.3 is 9.80 Å². The van der Waals surface area contributed by atoms with E-state index in [0.717, 1.165) is 44.0 Å². The van der Waals surface area contributed by atoms with Gasteiger partial charge in [-0.1, -0.05) is 31.0 Å². The number of carbonyl (C=O) groups is 1. The lowest BCUT2D eigenvalue weighted by molar-refractivity contribution is 0.0980. The lowest BCUT2D eigenvalue weighted by atomic mass is 10.0. The molecule has 0 radical (unpaired) electrons. The maximum absolute atomic E-state index is 13.1. The first-order valence-electron chi connectivity index (χ1n) is 9.30. The van der Waals surface area contributed by atoms with Gasteiger partial charge in [-0.3, -0.25) is 4.79 Å². The highest BCUT2D eigenvalue weighted by molar-refractivity contribution is 6.05. The van der Waals surface area contributed by atoms with Crippen LogP contribution in [0.1, 0.15) is 48.2 Å². The summed E-state index contributed by atoms with van der Waals surface area (Å²) in [5.74, 6) is 0.858. The topological polar surface area (TPSA) is 49.3 Å². The molecule has 0 spiro atoms. The normalized spacial score (nSPS) is 17.8. The summed E-state index contributed by atoms with van der Waals surface area (Å²) in [6.45, 7) is 2.77. The van der Waals surface area contributed by atoms with Crippen LogP contribution >= 0.6 is 0 Å². The third-order valence-electron chi connectivity index (χ3n) is 5.16. The summed E-state index contributed by atoms with van der Waals surface area (Å²) in [5.41, 5.74) is 2.75. The summed E-state index contributed by atoms with van der Waals surface area (Å²) in [5, 5.41) is 0. The molecule has 0 saturated carbocycles. The highest BCUT2D eigenvalue weighted by Gasteiger charge is 2.25. The van der Waals surface area contributed by atoms with Crippen LogP contribution in [0.4, 0.5) is 11.5 Å². The van der Waals surface area contributed by atoms with E-state index in [1.165, 1.54) is 37.6 Å². The second kappa shape index (κ2) is 7.21. The molecule has 2 aromatic rings. The molecule has 1 aromatic carbocycles. The maximum atomic E-state index is 13.1. The lowest BCUT2D eigenvalue weighted by Crippen LogP contribution is -2.36. The van der Waals surface area contributed by atoms with Gasteiger partial charge in [0.05, 0.1) is 0 Å². The Kier molecular flexibility index (Phi) is 4.63. The Hall–Kier alpha value is -2.43. The molecule has 1 amide bonds. The number of amides is 1. The number of benzene rings is 1. The Bertz CT molecular complexity index is 753. The van der Waals surface area contributed by atoms with Gasteiger partial charge in [0.1, 0.15) is 17.8 Å². The molecular weight excluding hydrogens is 312 g/mol. The van der Waals surface area contributed by atoms with E-state index in [9.17, 15) is 4.79 Å². The molecule has 3 heterocycles. The van der Waals surface area contributed by atoms with Crippen LogP contribution in [-0.4, -0.2) is 35.5 Å². The van der Waals surface area contributed by atoms with Crippen LogP contribution < -0.4 is 9.80 Å². The van der Waals surface area contributed by atoms with Gasteiger partial charge in [-0.25, -0.2) is 9.97 Å². The molecule has 0 bridgehead atoms. The van der Waals surface area contributed by atoms with Gasteiger partial charge in [0.15, 0.2) is 0 Å². The Labute approximate surface area is 148 Å². The van der Waals surface area contributed by atoms with E-state index in [2.05, 4.69) is 20.9 Å². The van der Waals surface area contributed by atoms with Crippen molar-refractivity contribution in [1.29, 1.82) is 0 Å². The standard InChI is InChI=1S/C20H24N4O/c25-20(24-13-7-9-16-8-3-4-10-18(16)24)17-14-19(22-15-21-17)23-11-5-1-2-6-12-23/h3-4,8,10,14-15H,1-2,5-7,9,11-13H2. The van der Waals surface area contributed by atoms with Gasteiger partial charge in [-0.15, -0.1) is 0 Å². The Balaban J connectivity index is 1.60. The first-order valence-corrected chi connectivity index (χ1v) is 9.30. The van der Waals surface area contributed by atoms with Gasteiger partial charge in [-0.05, 0) is 37.3 Å². The van der Waals surface area contributed by atoms with Crippen molar-refractivity contribution in [1.82, 2.24) is 9.97 Å². The number of para-hydroxylation sites is 1.